The van der Waals surface area contributed by atoms with Crippen LogP contribution in [0.2, 0.25) is 5.02 Å². The number of carbonyl (C=O) groups excluding carboxylic acids is 1. The third kappa shape index (κ3) is 1.86. The minimum absolute atomic E-state index is 0.602. The predicted octanol–water partition coefficient (Wildman–Crippen LogP) is 3.04. The van der Waals surface area contributed by atoms with Crippen LogP contribution in [0.4, 0.5) is 0 Å². The van der Waals surface area contributed by atoms with Gasteiger partial charge >= 0.3 is 0 Å². The first-order chi connectivity index (χ1) is 7.76. The van der Waals surface area contributed by atoms with E-state index < -0.39 is 0 Å². The minimum atomic E-state index is 0.602. The van der Waals surface area contributed by atoms with Gasteiger partial charge in [-0.3, -0.25) is 4.79 Å². The van der Waals surface area contributed by atoms with Crippen molar-refractivity contribution in [2.75, 3.05) is 0 Å². The number of aryl methyl sites for hydroxylation is 1. The number of halogens is 1. The van der Waals surface area contributed by atoms with Crippen LogP contribution >= 0.6 is 11.6 Å². The number of aromatic nitrogens is 2. The van der Waals surface area contributed by atoms with Gasteiger partial charge in [-0.15, -0.1) is 0 Å². The largest absolute Gasteiger partial charge is 0.331 e. The monoisotopic (exact) mass is 234 g/mol. The van der Waals surface area contributed by atoms with E-state index in [1.165, 1.54) is 0 Å². The summed E-state index contributed by atoms with van der Waals surface area (Å²) in [6.45, 7) is 2.83. The van der Waals surface area contributed by atoms with E-state index in [9.17, 15) is 4.79 Å². The third-order valence-electron chi connectivity index (χ3n) is 2.44. The Morgan fingerprint density at radius 2 is 2.31 bits per heavy atom. The maximum Gasteiger partial charge on any atom is 0.150 e. The number of rotatable bonds is 3. The van der Waals surface area contributed by atoms with E-state index in [0.29, 0.717) is 10.6 Å². The first-order valence-electron chi connectivity index (χ1n) is 5.02. The Morgan fingerprint density at radius 3 is 3.00 bits per heavy atom. The van der Waals surface area contributed by atoms with E-state index in [0.717, 1.165) is 24.2 Å². The van der Waals surface area contributed by atoms with Crippen molar-refractivity contribution in [2.24, 2.45) is 0 Å². The lowest BCUT2D eigenvalue weighted by Crippen LogP contribution is -1.98. The number of benzene rings is 1. The van der Waals surface area contributed by atoms with E-state index in [-0.39, 0.29) is 0 Å². The molecule has 0 fully saturated rings. The maximum atomic E-state index is 11.0. The summed E-state index contributed by atoms with van der Waals surface area (Å²) < 4.78 is 1.97. The van der Waals surface area contributed by atoms with Crippen LogP contribution in [0.5, 0.6) is 0 Å². The van der Waals surface area contributed by atoms with Crippen molar-refractivity contribution in [2.45, 2.75) is 13.5 Å². The standard InChI is InChI=1S/C12H11ClN2O/c1-2-15-6-5-14-12(15)11-7-10(13)4-3-9(11)8-16/h3-8H,2H2,1H3. The first kappa shape index (κ1) is 10.9. The van der Waals surface area contributed by atoms with Crippen LogP contribution in [0.3, 0.4) is 0 Å². The summed E-state index contributed by atoms with van der Waals surface area (Å²) >= 11 is 5.93. The lowest BCUT2D eigenvalue weighted by Gasteiger charge is -2.07. The van der Waals surface area contributed by atoms with Crippen molar-refractivity contribution in [3.8, 4) is 11.4 Å². The average Bonchev–Trinajstić information content (AvgIpc) is 2.76. The number of hydrogen-bond donors (Lipinski definition) is 0. The number of imidazole rings is 1. The fourth-order valence-corrected chi connectivity index (χ4v) is 1.81. The van der Waals surface area contributed by atoms with Gasteiger partial charge < -0.3 is 4.57 Å². The van der Waals surface area contributed by atoms with Crippen LogP contribution in [0.15, 0.2) is 30.6 Å². The molecule has 4 heteroatoms. The van der Waals surface area contributed by atoms with E-state index in [4.69, 9.17) is 11.6 Å². The molecule has 0 spiro atoms. The molecule has 0 aliphatic carbocycles. The van der Waals surface area contributed by atoms with Gasteiger partial charge in [0.25, 0.3) is 0 Å². The molecule has 1 aromatic heterocycles. The Hall–Kier alpha value is -1.61. The Labute approximate surface area is 98.7 Å². The van der Waals surface area contributed by atoms with Crippen LogP contribution in [0.25, 0.3) is 11.4 Å². The lowest BCUT2D eigenvalue weighted by atomic mass is 10.1. The summed E-state index contributed by atoms with van der Waals surface area (Å²) in [7, 11) is 0. The summed E-state index contributed by atoms with van der Waals surface area (Å²) in [4.78, 5) is 15.2. The van der Waals surface area contributed by atoms with Gasteiger partial charge in [0.1, 0.15) is 5.82 Å². The molecule has 0 saturated heterocycles. The molecule has 1 aromatic carbocycles. The van der Waals surface area contributed by atoms with Crippen LogP contribution in [0.1, 0.15) is 17.3 Å². The zero-order chi connectivity index (χ0) is 11.5. The van der Waals surface area contributed by atoms with Gasteiger partial charge in [-0.05, 0) is 25.1 Å². The molecule has 82 valence electrons. The zero-order valence-corrected chi connectivity index (χ0v) is 9.61. The second-order valence-electron chi connectivity index (χ2n) is 3.39. The van der Waals surface area contributed by atoms with E-state index in [1.807, 2.05) is 17.7 Å². The second-order valence-corrected chi connectivity index (χ2v) is 3.82. The van der Waals surface area contributed by atoms with Crippen LogP contribution < -0.4 is 0 Å². The lowest BCUT2D eigenvalue weighted by molar-refractivity contribution is 0.112. The fraction of sp³-hybridized carbons (Fsp3) is 0.167. The molecule has 16 heavy (non-hydrogen) atoms. The van der Waals surface area contributed by atoms with Crippen molar-refractivity contribution in [1.82, 2.24) is 9.55 Å². The molecule has 0 aliphatic rings. The van der Waals surface area contributed by atoms with E-state index in [2.05, 4.69) is 4.98 Å². The van der Waals surface area contributed by atoms with Crippen molar-refractivity contribution in [1.29, 1.82) is 0 Å². The summed E-state index contributed by atoms with van der Waals surface area (Å²) in [6, 6.07) is 5.17. The van der Waals surface area contributed by atoms with Crippen LogP contribution in [0, 0.1) is 0 Å². The quantitative estimate of drug-likeness (QED) is 0.766. The molecule has 0 unspecified atom stereocenters. The molecule has 1 heterocycles. The average molecular weight is 235 g/mol. The summed E-state index contributed by atoms with van der Waals surface area (Å²) in [6.07, 6.45) is 4.42. The van der Waals surface area contributed by atoms with Gasteiger partial charge in [-0.2, -0.15) is 0 Å². The second kappa shape index (κ2) is 4.49. The molecule has 0 saturated carbocycles. The molecule has 0 bridgehead atoms. The zero-order valence-electron chi connectivity index (χ0n) is 8.85. The van der Waals surface area contributed by atoms with Gasteiger partial charge in [0, 0.05) is 35.1 Å². The smallest absolute Gasteiger partial charge is 0.150 e. The van der Waals surface area contributed by atoms with Gasteiger partial charge in [0.05, 0.1) is 0 Å². The topological polar surface area (TPSA) is 34.9 Å². The normalized spacial score (nSPS) is 10.4. The minimum Gasteiger partial charge on any atom is -0.331 e. The van der Waals surface area contributed by atoms with Crippen molar-refractivity contribution < 1.29 is 4.79 Å². The van der Waals surface area contributed by atoms with Gasteiger partial charge in [0.15, 0.2) is 6.29 Å². The molecule has 0 radical (unpaired) electrons. The number of carbonyl (C=O) groups is 1. The highest BCUT2D eigenvalue weighted by atomic mass is 35.5. The highest BCUT2D eigenvalue weighted by molar-refractivity contribution is 6.31. The predicted molar refractivity (Wildman–Crippen MR) is 63.7 cm³/mol. The molecule has 2 rings (SSSR count). The Bertz CT molecular complexity index is 519. The number of nitrogens with zero attached hydrogens (tertiary/aromatic N) is 2. The highest BCUT2D eigenvalue weighted by Gasteiger charge is 2.10. The molecule has 0 atom stereocenters. The van der Waals surface area contributed by atoms with E-state index in [1.54, 1.807) is 24.4 Å². The molecule has 0 N–H and O–H groups in total. The fourth-order valence-electron chi connectivity index (χ4n) is 1.63. The summed E-state index contributed by atoms with van der Waals surface area (Å²) in [5.74, 6) is 0.770. The van der Waals surface area contributed by atoms with Crippen molar-refractivity contribution in [3.63, 3.8) is 0 Å². The first-order valence-corrected chi connectivity index (χ1v) is 5.40. The molecule has 2 aromatic rings. The Kier molecular flexibility index (Phi) is 3.06. The molecule has 0 amide bonds. The van der Waals surface area contributed by atoms with Crippen LogP contribution in [-0.2, 0) is 6.54 Å². The molecular weight excluding hydrogens is 224 g/mol. The molecule has 3 nitrogen and oxygen atoms in total. The van der Waals surface area contributed by atoms with Crippen molar-refractivity contribution >= 4 is 17.9 Å². The van der Waals surface area contributed by atoms with E-state index >= 15 is 0 Å². The Balaban J connectivity index is 2.62. The van der Waals surface area contributed by atoms with Crippen LogP contribution in [-0.4, -0.2) is 15.8 Å². The highest BCUT2D eigenvalue weighted by Crippen LogP contribution is 2.24. The summed E-state index contributed by atoms with van der Waals surface area (Å²) in [5.41, 5.74) is 1.37. The van der Waals surface area contributed by atoms with Gasteiger partial charge in [-0.25, -0.2) is 4.98 Å². The summed E-state index contributed by atoms with van der Waals surface area (Å²) in [5, 5.41) is 0.603. The SMILES string of the molecule is CCn1ccnc1-c1cc(Cl)ccc1C=O. The molecular formula is C12H11ClN2O. The Morgan fingerprint density at radius 1 is 1.50 bits per heavy atom. The third-order valence-corrected chi connectivity index (χ3v) is 2.67. The van der Waals surface area contributed by atoms with Crippen molar-refractivity contribution in [3.05, 3.63) is 41.2 Å². The molecule has 0 aliphatic heterocycles. The van der Waals surface area contributed by atoms with Gasteiger partial charge in [-0.1, -0.05) is 11.6 Å². The number of hydrogen-bond acceptors (Lipinski definition) is 2. The van der Waals surface area contributed by atoms with Gasteiger partial charge in [0.2, 0.25) is 0 Å². The maximum absolute atomic E-state index is 11.0. The number of aldehydes is 1.